The smallest absolute Gasteiger partial charge is 0.336 e. The van der Waals surface area contributed by atoms with Crippen molar-refractivity contribution in [2.75, 3.05) is 18.9 Å². The number of likely N-dealkylation sites (N-methyl/N-ethyl adjacent to an activating group) is 1. The van der Waals surface area contributed by atoms with E-state index < -0.39 is 6.03 Å². The molecule has 6 nitrogen and oxygen atoms in total. The first-order chi connectivity index (χ1) is 8.04. The lowest BCUT2D eigenvalue weighted by Gasteiger charge is -2.07. The molecule has 1 aliphatic rings. The second-order valence-electron chi connectivity index (χ2n) is 3.37. The zero-order valence-corrected chi connectivity index (χ0v) is 10.4. The number of nitrogens with zero attached hydrogens (tertiary/aromatic N) is 2. The van der Waals surface area contributed by atoms with Gasteiger partial charge in [0.25, 0.3) is 0 Å². The van der Waals surface area contributed by atoms with Gasteiger partial charge in [0.05, 0.1) is 15.9 Å². The molecule has 0 aliphatic carbocycles. The van der Waals surface area contributed by atoms with Crippen molar-refractivity contribution < 1.29 is 9.59 Å². The van der Waals surface area contributed by atoms with E-state index in [-0.39, 0.29) is 18.4 Å². The Hall–Kier alpha value is -1.60. The molecule has 2 N–H and O–H groups in total. The minimum absolute atomic E-state index is 0.182. The Morgan fingerprint density at radius 3 is 2.94 bits per heavy atom. The summed E-state index contributed by atoms with van der Waals surface area (Å²) in [6.07, 6.45) is 0. The van der Waals surface area contributed by atoms with E-state index >= 15 is 0 Å². The third-order valence-corrected chi connectivity index (χ3v) is 3.15. The van der Waals surface area contributed by atoms with Crippen molar-refractivity contribution in [3.63, 3.8) is 0 Å². The summed E-state index contributed by atoms with van der Waals surface area (Å²) in [6, 6.07) is 2.81. The van der Waals surface area contributed by atoms with Crippen molar-refractivity contribution in [3.05, 3.63) is 16.5 Å². The van der Waals surface area contributed by atoms with E-state index in [1.54, 1.807) is 24.1 Å². The minimum Gasteiger partial charge on any atom is -0.336 e. The molecule has 17 heavy (non-hydrogen) atoms. The predicted octanol–water partition coefficient (Wildman–Crippen LogP) is 1.35. The van der Waals surface area contributed by atoms with Crippen molar-refractivity contribution in [1.82, 2.24) is 10.2 Å². The number of anilines is 1. The number of guanidine groups is 1. The third kappa shape index (κ3) is 2.95. The highest BCUT2D eigenvalue weighted by atomic mass is 35.5. The first-order valence-electron chi connectivity index (χ1n) is 4.70. The molecule has 1 aliphatic heterocycles. The number of thiophene rings is 1. The summed E-state index contributed by atoms with van der Waals surface area (Å²) in [6.45, 7) is 0.205. The summed E-state index contributed by atoms with van der Waals surface area (Å²) in [5.74, 6) is 0.0633. The number of halogens is 1. The molecule has 3 amide bonds. The van der Waals surface area contributed by atoms with Gasteiger partial charge in [-0.15, -0.1) is 11.3 Å². The molecular formula is C9H9ClN4O2S. The maximum absolute atomic E-state index is 11.5. The Balaban J connectivity index is 2.02. The van der Waals surface area contributed by atoms with Crippen molar-refractivity contribution in [2.24, 2.45) is 4.99 Å². The fourth-order valence-electron chi connectivity index (χ4n) is 1.27. The Morgan fingerprint density at radius 2 is 2.41 bits per heavy atom. The maximum atomic E-state index is 11.5. The fourth-order valence-corrected chi connectivity index (χ4v) is 2.21. The van der Waals surface area contributed by atoms with Crippen LogP contribution in [0.1, 0.15) is 0 Å². The number of amides is 3. The summed E-state index contributed by atoms with van der Waals surface area (Å²) >= 11 is 6.96. The molecule has 90 valence electrons. The minimum atomic E-state index is -0.549. The van der Waals surface area contributed by atoms with Gasteiger partial charge in [0.1, 0.15) is 0 Å². The van der Waals surface area contributed by atoms with Crippen LogP contribution in [0.5, 0.6) is 0 Å². The number of urea groups is 1. The summed E-state index contributed by atoms with van der Waals surface area (Å²) in [5, 5.41) is 5.64. The van der Waals surface area contributed by atoms with Gasteiger partial charge in [-0.1, -0.05) is 11.6 Å². The van der Waals surface area contributed by atoms with Crippen LogP contribution in [0.4, 0.5) is 9.80 Å². The average molecular weight is 273 g/mol. The zero-order valence-electron chi connectivity index (χ0n) is 8.86. The van der Waals surface area contributed by atoms with Gasteiger partial charge >= 0.3 is 6.03 Å². The van der Waals surface area contributed by atoms with Crippen LogP contribution in [0.2, 0.25) is 4.34 Å². The van der Waals surface area contributed by atoms with Crippen molar-refractivity contribution in [3.8, 4) is 0 Å². The monoisotopic (exact) mass is 272 g/mol. The SMILES string of the molecule is CN1CC(=O)NC1=NC(=O)Nc1ccc(Cl)s1. The Labute approximate surface area is 106 Å². The van der Waals surface area contributed by atoms with Crippen molar-refractivity contribution in [2.45, 2.75) is 0 Å². The first kappa shape index (κ1) is 11.9. The van der Waals surface area contributed by atoms with Crippen LogP contribution in [0.25, 0.3) is 0 Å². The Kier molecular flexibility index (Phi) is 3.30. The van der Waals surface area contributed by atoms with Crippen LogP contribution in [-0.2, 0) is 4.79 Å². The van der Waals surface area contributed by atoms with Crippen LogP contribution in [0.3, 0.4) is 0 Å². The van der Waals surface area contributed by atoms with Crippen LogP contribution >= 0.6 is 22.9 Å². The molecule has 2 heterocycles. The first-order valence-corrected chi connectivity index (χ1v) is 5.90. The van der Waals surface area contributed by atoms with Gasteiger partial charge < -0.3 is 4.90 Å². The van der Waals surface area contributed by atoms with Crippen molar-refractivity contribution in [1.29, 1.82) is 0 Å². The van der Waals surface area contributed by atoms with Crippen LogP contribution in [0, 0.1) is 0 Å². The van der Waals surface area contributed by atoms with Gasteiger partial charge in [-0.2, -0.15) is 4.99 Å². The second-order valence-corrected chi connectivity index (χ2v) is 5.09. The number of aliphatic imine (C=N–C) groups is 1. The Morgan fingerprint density at radius 1 is 1.65 bits per heavy atom. The molecule has 0 radical (unpaired) electrons. The van der Waals surface area contributed by atoms with Gasteiger partial charge in [-0.3, -0.25) is 15.4 Å². The average Bonchev–Trinajstić information content (AvgIpc) is 2.74. The van der Waals surface area contributed by atoms with Crippen LogP contribution < -0.4 is 10.6 Å². The van der Waals surface area contributed by atoms with E-state index in [0.29, 0.717) is 9.34 Å². The molecule has 8 heteroatoms. The van der Waals surface area contributed by atoms with Gasteiger partial charge in [-0.25, -0.2) is 4.79 Å². The van der Waals surface area contributed by atoms with E-state index in [4.69, 9.17) is 11.6 Å². The lowest BCUT2D eigenvalue weighted by atomic mass is 10.6. The van der Waals surface area contributed by atoms with Gasteiger partial charge in [-0.05, 0) is 12.1 Å². The molecule has 0 aromatic carbocycles. The molecule has 1 saturated heterocycles. The number of hydrogen-bond acceptors (Lipinski definition) is 3. The topological polar surface area (TPSA) is 73.8 Å². The summed E-state index contributed by atoms with van der Waals surface area (Å²) in [5.41, 5.74) is 0. The number of carbonyl (C=O) groups excluding carboxylic acids is 2. The molecule has 0 spiro atoms. The fraction of sp³-hybridized carbons (Fsp3) is 0.222. The molecule has 1 aromatic heterocycles. The quantitative estimate of drug-likeness (QED) is 0.810. The lowest BCUT2D eigenvalue weighted by molar-refractivity contribution is -0.118. The molecule has 2 rings (SSSR count). The van der Waals surface area contributed by atoms with E-state index in [2.05, 4.69) is 15.6 Å². The third-order valence-electron chi connectivity index (χ3n) is 2.00. The number of hydrogen-bond donors (Lipinski definition) is 2. The molecular weight excluding hydrogens is 264 g/mol. The predicted molar refractivity (Wildman–Crippen MR) is 66.6 cm³/mol. The maximum Gasteiger partial charge on any atom is 0.349 e. The Bertz CT molecular complexity index is 499. The number of nitrogens with one attached hydrogen (secondary N) is 2. The summed E-state index contributed by atoms with van der Waals surface area (Å²) < 4.78 is 0.583. The van der Waals surface area contributed by atoms with Gasteiger partial charge in [0.15, 0.2) is 0 Å². The number of carbonyl (C=O) groups is 2. The highest BCUT2D eigenvalue weighted by molar-refractivity contribution is 7.20. The summed E-state index contributed by atoms with van der Waals surface area (Å²) in [4.78, 5) is 27.8. The highest BCUT2D eigenvalue weighted by Crippen LogP contribution is 2.25. The van der Waals surface area contributed by atoms with Crippen LogP contribution in [0.15, 0.2) is 17.1 Å². The van der Waals surface area contributed by atoms with E-state index in [1.807, 2.05) is 0 Å². The molecule has 0 bridgehead atoms. The molecule has 0 unspecified atom stereocenters. The number of rotatable bonds is 1. The van der Waals surface area contributed by atoms with Gasteiger partial charge in [0.2, 0.25) is 11.9 Å². The second kappa shape index (κ2) is 4.72. The lowest BCUT2D eigenvalue weighted by Crippen LogP contribution is -2.29. The van der Waals surface area contributed by atoms with Gasteiger partial charge in [0, 0.05) is 7.05 Å². The largest absolute Gasteiger partial charge is 0.349 e. The zero-order chi connectivity index (χ0) is 12.4. The molecule has 1 fully saturated rings. The van der Waals surface area contributed by atoms with E-state index in [0.717, 1.165) is 0 Å². The van der Waals surface area contributed by atoms with Crippen molar-refractivity contribution >= 4 is 45.8 Å². The molecule has 0 saturated carbocycles. The molecule has 1 aromatic rings. The highest BCUT2D eigenvalue weighted by Gasteiger charge is 2.22. The standard InChI is InChI=1S/C9H9ClN4O2S/c1-14-4-6(15)11-8(14)13-9(16)12-7-3-2-5(10)17-7/h2-3H,4H2,1H3,(H2,11,12,13,15,16). The summed E-state index contributed by atoms with van der Waals surface area (Å²) in [7, 11) is 1.67. The van der Waals surface area contributed by atoms with E-state index in [1.165, 1.54) is 11.3 Å². The van der Waals surface area contributed by atoms with Crippen LogP contribution in [-0.4, -0.2) is 36.4 Å². The molecule has 0 atom stereocenters. The normalized spacial score (nSPS) is 17.4. The van der Waals surface area contributed by atoms with E-state index in [9.17, 15) is 9.59 Å².